The lowest BCUT2D eigenvalue weighted by atomic mass is 10.1. The average Bonchev–Trinajstić information content (AvgIpc) is 2.67. The number of aryl methyl sites for hydroxylation is 1. The number of nitrogens with two attached hydrogens (primary N) is 3. The van der Waals surface area contributed by atoms with Gasteiger partial charge in [-0.25, -0.2) is 0 Å². The van der Waals surface area contributed by atoms with Crippen LogP contribution in [0.5, 0.6) is 0 Å². The van der Waals surface area contributed by atoms with Crippen molar-refractivity contribution in [3.05, 3.63) is 65.9 Å². The molecule has 32 heavy (non-hydrogen) atoms. The predicted octanol–water partition coefficient (Wildman–Crippen LogP) is 1.89. The van der Waals surface area contributed by atoms with E-state index in [1.54, 1.807) is 24.3 Å². The minimum atomic E-state index is -4.38. The first kappa shape index (κ1) is 25.0. The van der Waals surface area contributed by atoms with E-state index in [1.807, 2.05) is 6.92 Å². The number of hydrazine groups is 1. The number of hydrogen-bond donors (Lipinski definition) is 7. The number of nitrogens with one attached hydrogen (secondary N) is 2. The van der Waals surface area contributed by atoms with Gasteiger partial charge in [-0.2, -0.15) is 16.8 Å². The van der Waals surface area contributed by atoms with Crippen LogP contribution in [0.2, 0.25) is 0 Å². The van der Waals surface area contributed by atoms with Crippen molar-refractivity contribution in [2.45, 2.75) is 23.5 Å². The Morgan fingerprint density at radius 1 is 0.906 bits per heavy atom. The zero-order valence-corrected chi connectivity index (χ0v) is 18.7. The summed E-state index contributed by atoms with van der Waals surface area (Å²) in [5.74, 6) is 0. The van der Waals surface area contributed by atoms with E-state index in [0.717, 1.165) is 11.3 Å². The summed E-state index contributed by atoms with van der Waals surface area (Å²) in [6, 6.07) is 9.39. The molecule has 0 bridgehead atoms. The van der Waals surface area contributed by atoms with Gasteiger partial charge in [0.05, 0.1) is 11.4 Å². The Hall–Kier alpha value is -3.26. The Kier molecular flexibility index (Phi) is 7.74. The summed E-state index contributed by atoms with van der Waals surface area (Å²) in [5, 5.41) is -0.824. The third kappa shape index (κ3) is 7.16. The molecule has 2 aromatic carbocycles. The van der Waals surface area contributed by atoms with Crippen molar-refractivity contribution in [1.29, 1.82) is 0 Å². The predicted molar refractivity (Wildman–Crippen MR) is 125 cm³/mol. The molecule has 1 aliphatic carbocycles. The van der Waals surface area contributed by atoms with Gasteiger partial charge in [-0.1, -0.05) is 12.2 Å². The maximum atomic E-state index is 11.3. The monoisotopic (exact) mass is 483 g/mol. The van der Waals surface area contributed by atoms with Gasteiger partial charge in [-0.15, -0.1) is 0 Å². The van der Waals surface area contributed by atoms with Gasteiger partial charge in [0.25, 0.3) is 20.2 Å². The molecule has 0 fully saturated rings. The number of benzene rings is 2. The quantitative estimate of drug-likeness (QED) is 0.185. The molecule has 0 heterocycles. The lowest BCUT2D eigenvalue weighted by molar-refractivity contribution is 0.474. The molecule has 11 nitrogen and oxygen atoms in total. The number of allylic oxidation sites excluding steroid dienone is 2. The van der Waals surface area contributed by atoms with Crippen molar-refractivity contribution < 1.29 is 25.9 Å². The van der Waals surface area contributed by atoms with E-state index in [0.29, 0.717) is 11.4 Å². The normalized spacial score (nSPS) is 15.8. The summed E-state index contributed by atoms with van der Waals surface area (Å²) in [7, 11) is -8.32. The fourth-order valence-corrected chi connectivity index (χ4v) is 3.95. The maximum Gasteiger partial charge on any atom is 0.296 e. The second-order valence-electron chi connectivity index (χ2n) is 6.91. The molecule has 174 valence electrons. The number of anilines is 4. The molecular formula is C19H25N5O6S2. The summed E-state index contributed by atoms with van der Waals surface area (Å²) in [6.07, 6.45) is 4.67. The minimum Gasteiger partial charge on any atom is -0.399 e. The van der Waals surface area contributed by atoms with E-state index >= 15 is 0 Å². The SMILES string of the molecule is Cc1cc(N)ccc1NNc1ccc(N)cc1S(=O)(=O)O.NC1=CCC(S(=O)(=O)O)C=C1. The van der Waals surface area contributed by atoms with E-state index in [9.17, 15) is 21.4 Å². The summed E-state index contributed by atoms with van der Waals surface area (Å²) in [5.41, 5.74) is 25.3. The molecule has 10 N–H and O–H groups in total. The second kappa shape index (κ2) is 9.91. The molecule has 1 aliphatic rings. The van der Waals surface area contributed by atoms with Crippen molar-refractivity contribution in [3.63, 3.8) is 0 Å². The fourth-order valence-electron chi connectivity index (χ4n) is 2.66. The van der Waals surface area contributed by atoms with Gasteiger partial charge in [-0.05, 0) is 61.4 Å². The van der Waals surface area contributed by atoms with Crippen molar-refractivity contribution >= 4 is 43.0 Å². The van der Waals surface area contributed by atoms with Gasteiger partial charge >= 0.3 is 0 Å². The van der Waals surface area contributed by atoms with Crippen LogP contribution in [-0.2, 0) is 20.2 Å². The zero-order chi connectivity index (χ0) is 24.1. The largest absolute Gasteiger partial charge is 0.399 e. The molecular weight excluding hydrogens is 458 g/mol. The van der Waals surface area contributed by atoms with E-state index in [4.69, 9.17) is 21.8 Å². The van der Waals surface area contributed by atoms with Crippen molar-refractivity contribution in [1.82, 2.24) is 0 Å². The molecule has 13 heteroatoms. The molecule has 0 aliphatic heterocycles. The van der Waals surface area contributed by atoms with Gasteiger partial charge in [0.2, 0.25) is 0 Å². The van der Waals surface area contributed by atoms with Gasteiger partial charge in [-0.3, -0.25) is 14.5 Å². The van der Waals surface area contributed by atoms with Crippen LogP contribution in [0.25, 0.3) is 0 Å². The van der Waals surface area contributed by atoms with E-state index in [-0.39, 0.29) is 22.7 Å². The maximum absolute atomic E-state index is 11.3. The van der Waals surface area contributed by atoms with Crippen molar-refractivity contribution in [2.75, 3.05) is 22.3 Å². The van der Waals surface area contributed by atoms with Gasteiger partial charge < -0.3 is 22.6 Å². The average molecular weight is 484 g/mol. The first-order valence-electron chi connectivity index (χ1n) is 9.12. The topological polar surface area (TPSA) is 211 Å². The lowest BCUT2D eigenvalue weighted by Crippen LogP contribution is -2.19. The van der Waals surface area contributed by atoms with Gasteiger partial charge in [0, 0.05) is 17.1 Å². The van der Waals surface area contributed by atoms with E-state index in [1.165, 1.54) is 30.4 Å². The summed E-state index contributed by atoms with van der Waals surface area (Å²) in [4.78, 5) is -0.303. The Morgan fingerprint density at radius 2 is 1.47 bits per heavy atom. The molecule has 0 spiro atoms. The van der Waals surface area contributed by atoms with Gasteiger partial charge in [0.15, 0.2) is 0 Å². The molecule has 3 rings (SSSR count). The standard InChI is InChI=1S/C13H16N4O3S.C6H9NO3S/c1-8-6-9(14)2-4-11(8)16-17-12-5-3-10(15)7-13(12)21(18,19)20;7-5-1-3-6(4-2-5)11(8,9)10/h2-7,16-17H,14-15H2,1H3,(H,18,19,20);1-3,6H,4,7H2,(H,8,9,10). The molecule has 0 aromatic heterocycles. The first-order valence-corrected chi connectivity index (χ1v) is 12.1. The van der Waals surface area contributed by atoms with Crippen LogP contribution in [0.15, 0.2) is 65.2 Å². The summed E-state index contributed by atoms with van der Waals surface area (Å²) in [6.45, 7) is 1.85. The van der Waals surface area contributed by atoms with Crippen LogP contribution in [0, 0.1) is 6.92 Å². The minimum absolute atomic E-state index is 0.183. The Labute approximate surface area is 186 Å². The second-order valence-corrected chi connectivity index (χ2v) is 9.93. The molecule has 0 radical (unpaired) electrons. The molecule has 0 amide bonds. The zero-order valence-electron chi connectivity index (χ0n) is 17.1. The van der Waals surface area contributed by atoms with E-state index in [2.05, 4.69) is 10.9 Å². The number of hydrogen-bond acceptors (Lipinski definition) is 9. The lowest BCUT2D eigenvalue weighted by Gasteiger charge is -2.15. The molecule has 2 aromatic rings. The Morgan fingerprint density at radius 3 is 1.97 bits per heavy atom. The molecule has 1 unspecified atom stereocenters. The Bertz CT molecular complexity index is 1260. The highest BCUT2D eigenvalue weighted by Crippen LogP contribution is 2.25. The van der Waals surface area contributed by atoms with Crippen LogP contribution < -0.4 is 28.1 Å². The fraction of sp³-hybridized carbons (Fsp3) is 0.158. The van der Waals surface area contributed by atoms with E-state index < -0.39 is 25.5 Å². The first-order chi connectivity index (χ1) is 14.8. The van der Waals surface area contributed by atoms with Crippen molar-refractivity contribution in [3.8, 4) is 0 Å². The van der Waals surface area contributed by atoms with Crippen LogP contribution in [0.4, 0.5) is 22.7 Å². The molecule has 0 saturated carbocycles. The van der Waals surface area contributed by atoms with Gasteiger partial charge in [0.1, 0.15) is 10.1 Å². The molecule has 1 atom stereocenters. The van der Waals surface area contributed by atoms with Crippen LogP contribution >= 0.6 is 0 Å². The number of rotatable bonds is 5. The number of nitrogen functional groups attached to an aromatic ring is 2. The highest BCUT2D eigenvalue weighted by Gasteiger charge is 2.20. The third-order valence-corrected chi connectivity index (χ3v) is 6.35. The summed E-state index contributed by atoms with van der Waals surface area (Å²) < 4.78 is 61.5. The highest BCUT2D eigenvalue weighted by molar-refractivity contribution is 7.86. The smallest absolute Gasteiger partial charge is 0.296 e. The molecule has 0 saturated heterocycles. The third-order valence-electron chi connectivity index (χ3n) is 4.34. The van der Waals surface area contributed by atoms with Crippen LogP contribution in [0.1, 0.15) is 12.0 Å². The Balaban J connectivity index is 0.000000278. The highest BCUT2D eigenvalue weighted by atomic mass is 32.2. The van der Waals surface area contributed by atoms with Crippen LogP contribution in [-0.4, -0.2) is 31.2 Å². The van der Waals surface area contributed by atoms with Crippen molar-refractivity contribution in [2.24, 2.45) is 5.73 Å². The summed E-state index contributed by atoms with van der Waals surface area (Å²) >= 11 is 0. The van der Waals surface area contributed by atoms with Crippen LogP contribution in [0.3, 0.4) is 0 Å².